The van der Waals surface area contributed by atoms with E-state index in [0.29, 0.717) is 11.1 Å². The minimum atomic E-state index is -1.44. The molecule has 0 bridgehead atoms. The standard InChI is InChI=1S/C56H48N4SSi/c1-61-36-35-42-10-23-51(24-11-42)59(52-25-12-44(39-57)13-26-52)50-21-8-41(9-22-50)5-6-43-7-16-49-38-48(18-17-47(49)37-43)46-19-29-54(30-20-46)60(53-27-14-45(40-58)15-28-53)55-31-33-56(34-32-55)62(2,3)4/h5-34,37-38H,35-36H2,1-4H3/p+1/b6-5+. The second-order valence-corrected chi connectivity index (χ2v) is 22.7. The van der Waals surface area contributed by atoms with E-state index >= 15 is 0 Å². The highest BCUT2D eigenvalue weighted by Gasteiger charge is 2.19. The molecule has 0 aromatic heterocycles. The molecule has 0 fully saturated rings. The molecule has 4 nitrogen and oxygen atoms in total. The van der Waals surface area contributed by atoms with Gasteiger partial charge >= 0.3 is 0 Å². The number of anilines is 6. The molecule has 8 aromatic rings. The molecule has 8 rings (SSSR count). The van der Waals surface area contributed by atoms with Gasteiger partial charge in [0.1, 0.15) is 5.75 Å². The summed E-state index contributed by atoms with van der Waals surface area (Å²) in [6, 6.07) is 68.5. The predicted molar refractivity (Wildman–Crippen MR) is 270 cm³/mol. The lowest BCUT2D eigenvalue weighted by Gasteiger charge is -2.27. The Labute approximate surface area is 371 Å². The van der Waals surface area contributed by atoms with Gasteiger partial charge in [0, 0.05) is 40.5 Å². The molecule has 0 spiro atoms. The minimum absolute atomic E-state index is 0.645. The van der Waals surface area contributed by atoms with Crippen molar-refractivity contribution in [1.29, 1.82) is 10.5 Å². The molecule has 0 saturated heterocycles. The molecule has 0 aliphatic carbocycles. The van der Waals surface area contributed by atoms with Gasteiger partial charge in [0.25, 0.3) is 0 Å². The summed E-state index contributed by atoms with van der Waals surface area (Å²) in [5, 5.41) is 22.6. The minimum Gasteiger partial charge on any atom is -0.311 e. The van der Waals surface area contributed by atoms with Crippen LogP contribution in [0.15, 0.2) is 182 Å². The zero-order valence-corrected chi connectivity index (χ0v) is 37.5. The smallest absolute Gasteiger partial charge is 0.109 e. The van der Waals surface area contributed by atoms with Gasteiger partial charge in [-0.05, 0) is 160 Å². The summed E-state index contributed by atoms with van der Waals surface area (Å²) in [4.78, 5) is 4.49. The van der Waals surface area contributed by atoms with Crippen LogP contribution in [0.5, 0.6) is 0 Å². The van der Waals surface area contributed by atoms with Crippen molar-refractivity contribution in [2.24, 2.45) is 0 Å². The Morgan fingerprint density at radius 2 is 0.871 bits per heavy atom. The van der Waals surface area contributed by atoms with Gasteiger partial charge in [0.2, 0.25) is 0 Å². The third-order valence-electron chi connectivity index (χ3n) is 11.3. The second kappa shape index (κ2) is 18.7. The van der Waals surface area contributed by atoms with Crippen LogP contribution < -0.4 is 15.0 Å². The second-order valence-electron chi connectivity index (χ2n) is 16.5. The molecule has 0 unspecified atom stereocenters. The Morgan fingerprint density at radius 3 is 1.37 bits per heavy atom. The Hall–Kier alpha value is -7.09. The molecular formula is C56H49N4SSi+. The predicted octanol–water partition coefficient (Wildman–Crippen LogP) is 13.9. The van der Waals surface area contributed by atoms with E-state index in [1.54, 1.807) is 0 Å². The zero-order chi connectivity index (χ0) is 43.1. The molecule has 0 radical (unpaired) electrons. The van der Waals surface area contributed by atoms with E-state index < -0.39 is 8.07 Å². The van der Waals surface area contributed by atoms with Crippen molar-refractivity contribution in [1.82, 2.24) is 0 Å². The summed E-state index contributed by atoms with van der Waals surface area (Å²) in [6.45, 7) is 7.10. The van der Waals surface area contributed by atoms with E-state index in [2.05, 4.69) is 193 Å². The number of nitriles is 2. The summed E-state index contributed by atoms with van der Waals surface area (Å²) >= 11 is 1.41. The summed E-state index contributed by atoms with van der Waals surface area (Å²) in [7, 11) is -1.44. The van der Waals surface area contributed by atoms with Crippen LogP contribution in [0, 0.1) is 22.7 Å². The SMILES string of the molecule is C[SH+]CCc1ccc(N(c2ccc(C#N)cc2)c2ccc(/C=C/c3ccc4cc(-c5ccc(N(c6ccc(C#N)cc6)c6ccc([Si](C)(C)C)cc6)cc5)ccc4c3)cc2)cc1. The molecule has 0 saturated carbocycles. The fraction of sp³-hybridized carbons (Fsp3) is 0.107. The van der Waals surface area contributed by atoms with Crippen molar-refractivity contribution in [3.63, 3.8) is 0 Å². The van der Waals surface area contributed by atoms with Crippen molar-refractivity contribution < 1.29 is 0 Å². The van der Waals surface area contributed by atoms with Crippen LogP contribution in [0.3, 0.4) is 0 Å². The van der Waals surface area contributed by atoms with Crippen LogP contribution in [-0.4, -0.2) is 20.1 Å². The fourth-order valence-corrected chi connectivity index (χ4v) is 9.35. The third kappa shape index (κ3) is 9.59. The van der Waals surface area contributed by atoms with Crippen molar-refractivity contribution in [2.45, 2.75) is 26.1 Å². The van der Waals surface area contributed by atoms with Gasteiger partial charge in [0.05, 0.1) is 37.6 Å². The zero-order valence-electron chi connectivity index (χ0n) is 35.6. The monoisotopic (exact) mass is 837 g/mol. The first kappa shape index (κ1) is 41.6. The van der Waals surface area contributed by atoms with Crippen LogP contribution in [0.25, 0.3) is 34.1 Å². The van der Waals surface area contributed by atoms with Gasteiger partial charge in [-0.25, -0.2) is 0 Å². The van der Waals surface area contributed by atoms with Crippen molar-refractivity contribution in [2.75, 3.05) is 21.8 Å². The van der Waals surface area contributed by atoms with Crippen molar-refractivity contribution in [3.05, 3.63) is 210 Å². The first-order chi connectivity index (χ1) is 30.2. The van der Waals surface area contributed by atoms with Crippen molar-refractivity contribution in [3.8, 4) is 23.3 Å². The molecule has 8 aromatic carbocycles. The maximum Gasteiger partial charge on any atom is 0.109 e. The summed E-state index contributed by atoms with van der Waals surface area (Å²) in [6.07, 6.45) is 7.60. The van der Waals surface area contributed by atoms with E-state index in [9.17, 15) is 10.5 Å². The largest absolute Gasteiger partial charge is 0.311 e. The lowest BCUT2D eigenvalue weighted by Crippen LogP contribution is -2.37. The summed E-state index contributed by atoms with van der Waals surface area (Å²) in [5.41, 5.74) is 13.5. The number of hydrogen-bond donors (Lipinski definition) is 0. The lowest BCUT2D eigenvalue weighted by atomic mass is 9.99. The highest BCUT2D eigenvalue weighted by Crippen LogP contribution is 2.37. The third-order valence-corrected chi connectivity index (χ3v) is 14.0. The van der Waals surface area contributed by atoms with E-state index in [1.165, 1.54) is 38.8 Å². The maximum atomic E-state index is 9.43. The number of hydrogen-bond acceptors (Lipinski definition) is 4. The van der Waals surface area contributed by atoms with Crippen LogP contribution in [0.1, 0.15) is 27.8 Å². The van der Waals surface area contributed by atoms with E-state index in [0.717, 1.165) is 63.0 Å². The molecule has 6 heteroatoms. The molecule has 0 amide bonds. The molecule has 0 aliphatic rings. The first-order valence-corrected chi connectivity index (χ1v) is 26.0. The highest BCUT2D eigenvalue weighted by atomic mass is 32.2. The van der Waals surface area contributed by atoms with Gasteiger partial charge in [-0.15, -0.1) is 0 Å². The number of nitrogens with zero attached hydrogens (tertiary/aromatic N) is 4. The van der Waals surface area contributed by atoms with Crippen LogP contribution in [-0.2, 0) is 18.2 Å². The quantitative estimate of drug-likeness (QED) is 0.0502. The van der Waals surface area contributed by atoms with E-state index in [-0.39, 0.29) is 0 Å². The first-order valence-electron chi connectivity index (χ1n) is 21.0. The molecule has 62 heavy (non-hydrogen) atoms. The van der Waals surface area contributed by atoms with Crippen molar-refractivity contribution >= 4 is 82.1 Å². The molecular weight excluding hydrogens is 789 g/mol. The Bertz CT molecular complexity index is 2900. The summed E-state index contributed by atoms with van der Waals surface area (Å²) < 4.78 is 0. The molecule has 302 valence electrons. The normalized spacial score (nSPS) is 11.3. The van der Waals surface area contributed by atoms with Gasteiger partial charge in [-0.2, -0.15) is 10.5 Å². The average Bonchev–Trinajstić information content (AvgIpc) is 3.31. The molecule has 0 heterocycles. The highest BCUT2D eigenvalue weighted by molar-refractivity contribution is 7.77. The van der Waals surface area contributed by atoms with Gasteiger partial charge in [0.15, 0.2) is 0 Å². The Balaban J connectivity index is 0.996. The van der Waals surface area contributed by atoms with Crippen LogP contribution >= 0.6 is 0 Å². The van der Waals surface area contributed by atoms with E-state index in [4.69, 9.17) is 0 Å². The maximum absolute atomic E-state index is 9.43. The number of rotatable bonds is 13. The van der Waals surface area contributed by atoms with Crippen LogP contribution in [0.2, 0.25) is 19.6 Å². The Morgan fingerprint density at radius 1 is 0.468 bits per heavy atom. The Kier molecular flexibility index (Phi) is 12.5. The molecule has 0 atom stereocenters. The molecule has 0 N–H and O–H groups in total. The summed E-state index contributed by atoms with van der Waals surface area (Å²) in [5.74, 6) is 1.15. The van der Waals surface area contributed by atoms with E-state index in [1.807, 2.05) is 48.5 Å². The number of fused-ring (bicyclic) bond motifs is 1. The van der Waals surface area contributed by atoms with Gasteiger partial charge in [-0.1, -0.05) is 110 Å². The van der Waals surface area contributed by atoms with Crippen LogP contribution in [0.4, 0.5) is 34.1 Å². The van der Waals surface area contributed by atoms with Gasteiger partial charge < -0.3 is 9.80 Å². The number of aryl methyl sites for hydroxylation is 1. The topological polar surface area (TPSA) is 54.1 Å². The number of benzene rings is 8. The average molecular weight is 838 g/mol. The molecule has 0 aliphatic heterocycles. The van der Waals surface area contributed by atoms with Gasteiger partial charge in [-0.3, -0.25) is 0 Å². The number of thiol groups is 1. The lowest BCUT2D eigenvalue weighted by molar-refractivity contribution is 1.15. The fourth-order valence-electron chi connectivity index (χ4n) is 7.70.